The quantitative estimate of drug-likeness (QED) is 0.256. The van der Waals surface area contributed by atoms with Crippen molar-refractivity contribution in [1.29, 1.82) is 0 Å². The summed E-state index contributed by atoms with van der Waals surface area (Å²) in [7, 11) is 0. The van der Waals surface area contributed by atoms with E-state index >= 15 is 0 Å². The maximum Gasteiger partial charge on any atom is 0.0738 e. The highest BCUT2D eigenvalue weighted by Gasteiger charge is 2.38. The smallest absolute Gasteiger partial charge is 0.0738 e. The van der Waals surface area contributed by atoms with Crippen molar-refractivity contribution in [3.8, 4) is 0 Å². The van der Waals surface area contributed by atoms with E-state index in [4.69, 9.17) is 9.98 Å². The third kappa shape index (κ3) is 6.37. The van der Waals surface area contributed by atoms with Gasteiger partial charge >= 0.3 is 0 Å². The highest BCUT2D eigenvalue weighted by Crippen LogP contribution is 2.38. The molecule has 5 heterocycles. The van der Waals surface area contributed by atoms with Gasteiger partial charge in [-0.3, -0.25) is 0 Å². The Morgan fingerprint density at radius 2 is 1.38 bits per heavy atom. The van der Waals surface area contributed by atoms with E-state index in [9.17, 15) is 0 Å². The maximum absolute atomic E-state index is 5.42. The molecule has 47 heavy (non-hydrogen) atoms. The van der Waals surface area contributed by atoms with E-state index in [2.05, 4.69) is 179 Å². The molecule has 4 aliphatic heterocycles. The maximum atomic E-state index is 5.42. The van der Waals surface area contributed by atoms with Crippen LogP contribution in [0.5, 0.6) is 0 Å². The number of nitrogens with one attached hydrogen (secondary N) is 2. The molecular weight excluding hydrogens is 687 g/mol. The molecule has 2 unspecified atom stereocenters. The lowest BCUT2D eigenvalue weighted by atomic mass is 9.78. The van der Waals surface area contributed by atoms with Gasteiger partial charge in [-0.05, 0) is 128 Å². The summed E-state index contributed by atoms with van der Waals surface area (Å²) >= 11 is 2.37. The number of fused-ring (bicyclic) bond motifs is 6. The number of rotatable bonds is 2. The highest BCUT2D eigenvalue weighted by atomic mass is 127. The Hall–Kier alpha value is -3.55. The number of aliphatic imine (C=N–C) groups is 2. The fourth-order valence-electron chi connectivity index (χ4n) is 7.01. The number of H-pyrrole nitrogens is 1. The zero-order chi connectivity index (χ0) is 33.3. The summed E-state index contributed by atoms with van der Waals surface area (Å²) in [5, 5.41) is 6.08. The Kier molecular flexibility index (Phi) is 7.87. The number of aromatic nitrogens is 1. The number of benzene rings is 2. The molecule has 240 valence electrons. The first kappa shape index (κ1) is 32.0. The molecule has 2 aromatic carbocycles. The standard InChI is InChI=1S/C42H45IN4/c1-40(2,3)27-19-26(20-28(21-27)41(4,5)6)39-34-16-14-31(45-34)23-37-42(7,8)24-32(46-37)22-30-13-15-33(44-30)38(35-17-18-36(39)47-35)25-9-11-29(43)12-10-25/h9-23,32,37,44,46H,24H2,1-8H3. The van der Waals surface area contributed by atoms with Gasteiger partial charge < -0.3 is 10.3 Å². The van der Waals surface area contributed by atoms with Crippen LogP contribution in [0.25, 0.3) is 17.2 Å². The molecule has 4 nitrogen and oxygen atoms in total. The Morgan fingerprint density at radius 3 is 2.06 bits per heavy atom. The van der Waals surface area contributed by atoms with Gasteiger partial charge in [0.15, 0.2) is 0 Å². The van der Waals surface area contributed by atoms with Crippen molar-refractivity contribution in [2.45, 2.75) is 84.7 Å². The first-order valence-corrected chi connectivity index (χ1v) is 17.8. The van der Waals surface area contributed by atoms with Crippen LogP contribution in [0.15, 0.2) is 106 Å². The van der Waals surface area contributed by atoms with E-state index in [1.807, 2.05) is 0 Å². The van der Waals surface area contributed by atoms with Crippen molar-refractivity contribution in [1.82, 2.24) is 10.3 Å². The lowest BCUT2D eigenvalue weighted by molar-refractivity contribution is 0.355. The van der Waals surface area contributed by atoms with Gasteiger partial charge in [-0.15, -0.1) is 0 Å². The lowest BCUT2D eigenvalue weighted by Crippen LogP contribution is -2.33. The predicted octanol–water partition coefficient (Wildman–Crippen LogP) is 8.28. The molecule has 1 aromatic heterocycles. The van der Waals surface area contributed by atoms with Gasteiger partial charge in [0.1, 0.15) is 0 Å². The zero-order valence-electron chi connectivity index (χ0n) is 28.8. The van der Waals surface area contributed by atoms with Crippen LogP contribution >= 0.6 is 22.6 Å². The molecule has 4 aliphatic rings. The van der Waals surface area contributed by atoms with E-state index in [-0.39, 0.29) is 28.3 Å². The van der Waals surface area contributed by atoms with Crippen molar-refractivity contribution in [3.05, 3.63) is 133 Å². The second-order valence-electron chi connectivity index (χ2n) is 16.1. The predicted molar refractivity (Wildman–Crippen MR) is 207 cm³/mol. The largest absolute Gasteiger partial charge is 0.355 e. The summed E-state index contributed by atoms with van der Waals surface area (Å²) in [6.07, 6.45) is 14.4. The molecule has 0 spiro atoms. The average molecular weight is 733 g/mol. The SMILES string of the molecule is CC(C)(C)c1cc(C2=C3C=CC(=N3)C(c3ccc(I)cc3)=c3ccc([nH]3)=CC3CC(C)(C)C(C=C4C=CC2=N4)N3)cc(C(C)(C)C)c1. The molecule has 5 heteroatoms. The van der Waals surface area contributed by atoms with Crippen LogP contribution in [0.3, 0.4) is 0 Å². The Labute approximate surface area is 293 Å². The number of halogens is 1. The van der Waals surface area contributed by atoms with Crippen molar-refractivity contribution >= 4 is 51.2 Å². The van der Waals surface area contributed by atoms with Gasteiger partial charge in [0.2, 0.25) is 0 Å². The monoisotopic (exact) mass is 732 g/mol. The van der Waals surface area contributed by atoms with Crippen molar-refractivity contribution < 1.29 is 0 Å². The molecule has 0 aliphatic carbocycles. The summed E-state index contributed by atoms with van der Waals surface area (Å²) in [5.41, 5.74) is 11.0. The molecule has 1 fully saturated rings. The third-order valence-electron chi connectivity index (χ3n) is 9.83. The number of aromatic amines is 1. The molecule has 0 radical (unpaired) electrons. The van der Waals surface area contributed by atoms with Crippen LogP contribution in [-0.2, 0) is 10.8 Å². The average Bonchev–Trinajstić information content (AvgIpc) is 3.79. The summed E-state index contributed by atoms with van der Waals surface area (Å²) in [6.45, 7) is 18.5. The zero-order valence-corrected chi connectivity index (χ0v) is 31.0. The molecule has 3 aromatic rings. The highest BCUT2D eigenvalue weighted by molar-refractivity contribution is 14.1. The lowest BCUT2D eigenvalue weighted by Gasteiger charge is -2.27. The van der Waals surface area contributed by atoms with Crippen LogP contribution in [0.1, 0.15) is 84.1 Å². The van der Waals surface area contributed by atoms with Crippen molar-refractivity contribution in [2.75, 3.05) is 0 Å². The van der Waals surface area contributed by atoms with Gasteiger partial charge in [0, 0.05) is 37.5 Å². The molecule has 7 rings (SSSR count). The first-order valence-electron chi connectivity index (χ1n) is 16.7. The number of hydrogen-bond donors (Lipinski definition) is 2. The fourth-order valence-corrected chi connectivity index (χ4v) is 7.37. The van der Waals surface area contributed by atoms with Gasteiger partial charge in [-0.1, -0.05) is 85.7 Å². The Morgan fingerprint density at radius 1 is 0.723 bits per heavy atom. The molecule has 0 saturated carbocycles. The molecule has 8 bridgehead atoms. The summed E-state index contributed by atoms with van der Waals surface area (Å²) in [6, 6.07) is 20.7. The minimum Gasteiger partial charge on any atom is -0.355 e. The van der Waals surface area contributed by atoms with Crippen LogP contribution in [0.2, 0.25) is 0 Å². The van der Waals surface area contributed by atoms with Gasteiger partial charge in [-0.2, -0.15) is 0 Å². The van der Waals surface area contributed by atoms with E-state index in [1.165, 1.54) is 14.7 Å². The Bertz CT molecular complexity index is 2050. The van der Waals surface area contributed by atoms with Crippen molar-refractivity contribution in [3.63, 3.8) is 0 Å². The summed E-state index contributed by atoms with van der Waals surface area (Å²) in [5.74, 6) is 0. The number of allylic oxidation sites excluding steroid dienone is 5. The minimum atomic E-state index is -0.0116. The van der Waals surface area contributed by atoms with E-state index in [1.54, 1.807) is 0 Å². The molecule has 1 saturated heterocycles. The van der Waals surface area contributed by atoms with Gasteiger partial charge in [0.25, 0.3) is 0 Å². The van der Waals surface area contributed by atoms with Crippen LogP contribution in [0, 0.1) is 8.99 Å². The van der Waals surface area contributed by atoms with E-state index < -0.39 is 0 Å². The topological polar surface area (TPSA) is 52.5 Å². The van der Waals surface area contributed by atoms with E-state index in [0.717, 1.165) is 62.2 Å². The van der Waals surface area contributed by atoms with E-state index in [0.29, 0.717) is 0 Å². The second kappa shape index (κ2) is 11.6. The minimum absolute atomic E-state index is 0.0116. The third-order valence-corrected chi connectivity index (χ3v) is 10.6. The fraction of sp³-hybridized carbons (Fsp3) is 0.333. The Balaban J connectivity index is 1.53. The van der Waals surface area contributed by atoms with Crippen LogP contribution in [-0.4, -0.2) is 28.5 Å². The van der Waals surface area contributed by atoms with Crippen LogP contribution < -0.4 is 16.0 Å². The molecule has 2 atom stereocenters. The first-order chi connectivity index (χ1) is 22.1. The molecule has 0 amide bonds. The molecular formula is C42H45IN4. The normalized spacial score (nSPS) is 22.0. The van der Waals surface area contributed by atoms with Gasteiger partial charge in [-0.25, -0.2) is 9.98 Å². The second-order valence-corrected chi connectivity index (χ2v) is 17.4. The number of hydrogen-bond acceptors (Lipinski definition) is 3. The van der Waals surface area contributed by atoms with Crippen molar-refractivity contribution in [2.24, 2.45) is 15.4 Å². The van der Waals surface area contributed by atoms with Gasteiger partial charge in [0.05, 0.1) is 22.8 Å². The van der Waals surface area contributed by atoms with Crippen LogP contribution in [0.4, 0.5) is 0 Å². The summed E-state index contributed by atoms with van der Waals surface area (Å²) < 4.78 is 1.21. The summed E-state index contributed by atoms with van der Waals surface area (Å²) in [4.78, 5) is 14.5. The number of nitrogens with zero attached hydrogens (tertiary/aromatic N) is 2. The molecule has 2 N–H and O–H groups in total.